The minimum absolute atomic E-state index is 0.600. The van der Waals surface area contributed by atoms with Crippen LogP contribution in [0.25, 0.3) is 10.4 Å². The van der Waals surface area contributed by atoms with E-state index in [-0.39, 0.29) is 0 Å². The molecule has 2 rings (SSSR count). The summed E-state index contributed by atoms with van der Waals surface area (Å²) in [7, 11) is 0. The number of rotatable bonds is 5. The van der Waals surface area contributed by atoms with E-state index in [1.54, 1.807) is 11.3 Å². The molecule has 1 aliphatic heterocycles. The molecular weight excluding hydrogens is 236 g/mol. The molecule has 1 saturated heterocycles. The van der Waals surface area contributed by atoms with Gasteiger partial charge in [-0.05, 0) is 18.5 Å². The van der Waals surface area contributed by atoms with Crippen LogP contribution >= 0.6 is 11.3 Å². The Morgan fingerprint density at radius 2 is 2.24 bits per heavy atom. The highest BCUT2D eigenvalue weighted by Gasteiger charge is 2.17. The van der Waals surface area contributed by atoms with E-state index in [0.29, 0.717) is 6.54 Å². The Bertz CT molecular complexity index is 364. The van der Waals surface area contributed by atoms with E-state index in [0.717, 1.165) is 44.3 Å². The lowest BCUT2D eigenvalue weighted by Gasteiger charge is -2.34. The summed E-state index contributed by atoms with van der Waals surface area (Å²) in [4.78, 5) is 11.8. The maximum Gasteiger partial charge on any atom is 0.185 e. The lowest BCUT2D eigenvalue weighted by Crippen LogP contribution is -2.46. The van der Waals surface area contributed by atoms with E-state index >= 15 is 0 Å². The number of hydrogen-bond acceptors (Lipinski definition) is 5. The third kappa shape index (κ3) is 3.59. The molecule has 0 aliphatic carbocycles. The van der Waals surface area contributed by atoms with Crippen LogP contribution in [0.5, 0.6) is 0 Å². The summed E-state index contributed by atoms with van der Waals surface area (Å²) in [5.41, 5.74) is 8.18. The van der Waals surface area contributed by atoms with Crippen molar-refractivity contribution in [1.82, 2.24) is 9.88 Å². The molecule has 0 N–H and O–H groups in total. The van der Waals surface area contributed by atoms with Crippen molar-refractivity contribution < 1.29 is 0 Å². The molecule has 0 radical (unpaired) electrons. The van der Waals surface area contributed by atoms with Gasteiger partial charge in [-0.3, -0.25) is 4.90 Å². The van der Waals surface area contributed by atoms with Crippen LogP contribution in [0, 0.1) is 0 Å². The summed E-state index contributed by atoms with van der Waals surface area (Å²) in [5, 5.41) is 6.69. The van der Waals surface area contributed by atoms with Gasteiger partial charge in [-0.2, -0.15) is 0 Å². The smallest absolute Gasteiger partial charge is 0.185 e. The van der Waals surface area contributed by atoms with E-state index < -0.39 is 0 Å². The van der Waals surface area contributed by atoms with Gasteiger partial charge in [0.25, 0.3) is 0 Å². The van der Waals surface area contributed by atoms with Crippen LogP contribution in [0.4, 0.5) is 5.13 Å². The van der Waals surface area contributed by atoms with Crippen molar-refractivity contribution >= 4 is 16.5 Å². The summed E-state index contributed by atoms with van der Waals surface area (Å²) in [6.45, 7) is 5.82. The first-order chi connectivity index (χ1) is 8.40. The van der Waals surface area contributed by atoms with Gasteiger partial charge >= 0.3 is 0 Å². The average molecular weight is 252 g/mol. The number of azide groups is 1. The van der Waals surface area contributed by atoms with Gasteiger partial charge in [0, 0.05) is 49.2 Å². The van der Waals surface area contributed by atoms with Crippen molar-refractivity contribution in [3.05, 3.63) is 22.0 Å². The zero-order valence-corrected chi connectivity index (χ0v) is 10.5. The fourth-order valence-corrected chi connectivity index (χ4v) is 2.64. The van der Waals surface area contributed by atoms with Gasteiger partial charge in [0.1, 0.15) is 0 Å². The van der Waals surface area contributed by atoms with Crippen molar-refractivity contribution in [3.63, 3.8) is 0 Å². The summed E-state index contributed by atoms with van der Waals surface area (Å²) in [6, 6.07) is 0. The minimum Gasteiger partial charge on any atom is -0.346 e. The lowest BCUT2D eigenvalue weighted by molar-refractivity contribution is 0.256. The molecule has 0 amide bonds. The Balaban J connectivity index is 1.69. The lowest BCUT2D eigenvalue weighted by atomic mass is 10.3. The molecule has 17 heavy (non-hydrogen) atoms. The molecule has 2 heterocycles. The van der Waals surface area contributed by atoms with Crippen LogP contribution in [-0.4, -0.2) is 49.2 Å². The van der Waals surface area contributed by atoms with Gasteiger partial charge in [-0.15, -0.1) is 11.3 Å². The molecule has 6 nitrogen and oxygen atoms in total. The number of thiazole rings is 1. The van der Waals surface area contributed by atoms with Gasteiger partial charge in [-0.1, -0.05) is 5.11 Å². The topological polar surface area (TPSA) is 68.1 Å². The van der Waals surface area contributed by atoms with Gasteiger partial charge < -0.3 is 4.90 Å². The number of hydrogen-bond donors (Lipinski definition) is 0. The van der Waals surface area contributed by atoms with E-state index in [4.69, 9.17) is 5.53 Å². The monoisotopic (exact) mass is 252 g/mol. The quantitative estimate of drug-likeness (QED) is 0.348. The van der Waals surface area contributed by atoms with Crippen LogP contribution in [-0.2, 0) is 0 Å². The first kappa shape index (κ1) is 12.2. The third-order valence-electron chi connectivity index (χ3n) is 2.86. The van der Waals surface area contributed by atoms with Crippen molar-refractivity contribution in [2.75, 3.05) is 44.2 Å². The maximum absolute atomic E-state index is 8.18. The molecule has 1 aromatic rings. The van der Waals surface area contributed by atoms with Gasteiger partial charge in [-0.25, -0.2) is 4.98 Å². The Labute approximate surface area is 104 Å². The Kier molecular flexibility index (Phi) is 4.61. The molecular formula is C10H16N6S. The summed E-state index contributed by atoms with van der Waals surface area (Å²) in [6.07, 6.45) is 2.80. The molecule has 0 spiro atoms. The summed E-state index contributed by atoms with van der Waals surface area (Å²) < 4.78 is 0. The molecule has 0 bridgehead atoms. The molecule has 1 aliphatic rings. The standard InChI is InChI=1S/C10H16N6S/c11-14-13-2-1-4-15-5-7-16(8-6-15)10-12-3-9-17-10/h3,9H,1-2,4-8H2. The molecule has 1 aromatic heterocycles. The Morgan fingerprint density at radius 1 is 1.41 bits per heavy atom. The molecule has 7 heteroatoms. The third-order valence-corrected chi connectivity index (χ3v) is 3.69. The first-order valence-electron chi connectivity index (χ1n) is 5.78. The van der Waals surface area contributed by atoms with Crippen LogP contribution in [0.1, 0.15) is 6.42 Å². The molecule has 92 valence electrons. The van der Waals surface area contributed by atoms with Gasteiger partial charge in [0.05, 0.1) is 0 Å². The van der Waals surface area contributed by atoms with E-state index in [2.05, 4.69) is 24.8 Å². The molecule has 0 atom stereocenters. The van der Waals surface area contributed by atoms with Crippen LogP contribution in [0.2, 0.25) is 0 Å². The zero-order chi connectivity index (χ0) is 11.9. The second-order valence-corrected chi connectivity index (χ2v) is 4.82. The number of anilines is 1. The van der Waals surface area contributed by atoms with Gasteiger partial charge in [0.15, 0.2) is 5.13 Å². The average Bonchev–Trinajstić information content (AvgIpc) is 2.89. The molecule has 0 unspecified atom stereocenters. The minimum atomic E-state index is 0.600. The second kappa shape index (κ2) is 6.44. The number of piperazine rings is 1. The molecule has 0 saturated carbocycles. The van der Waals surface area contributed by atoms with Crippen LogP contribution < -0.4 is 4.90 Å². The van der Waals surface area contributed by atoms with E-state index in [1.807, 2.05) is 11.6 Å². The predicted molar refractivity (Wildman–Crippen MR) is 69.4 cm³/mol. The fraction of sp³-hybridized carbons (Fsp3) is 0.700. The van der Waals surface area contributed by atoms with Crippen LogP contribution in [0.3, 0.4) is 0 Å². The maximum atomic E-state index is 8.18. The largest absolute Gasteiger partial charge is 0.346 e. The molecule has 1 fully saturated rings. The van der Waals surface area contributed by atoms with Crippen LogP contribution in [0.15, 0.2) is 16.7 Å². The fourth-order valence-electron chi connectivity index (χ4n) is 1.94. The highest BCUT2D eigenvalue weighted by atomic mass is 32.1. The second-order valence-electron chi connectivity index (χ2n) is 3.95. The Morgan fingerprint density at radius 3 is 2.88 bits per heavy atom. The number of aromatic nitrogens is 1. The van der Waals surface area contributed by atoms with Gasteiger partial charge in [0.2, 0.25) is 0 Å². The van der Waals surface area contributed by atoms with Crippen molar-refractivity contribution in [2.24, 2.45) is 5.11 Å². The SMILES string of the molecule is [N-]=[N+]=NCCCN1CCN(c2nccs2)CC1. The number of nitrogens with zero attached hydrogens (tertiary/aromatic N) is 6. The van der Waals surface area contributed by atoms with E-state index in [1.165, 1.54) is 0 Å². The molecule has 0 aromatic carbocycles. The highest BCUT2D eigenvalue weighted by molar-refractivity contribution is 7.13. The summed E-state index contributed by atoms with van der Waals surface area (Å²) >= 11 is 1.70. The van der Waals surface area contributed by atoms with Crippen molar-refractivity contribution in [3.8, 4) is 0 Å². The zero-order valence-electron chi connectivity index (χ0n) is 9.70. The van der Waals surface area contributed by atoms with Crippen molar-refractivity contribution in [1.29, 1.82) is 0 Å². The highest BCUT2D eigenvalue weighted by Crippen LogP contribution is 2.18. The normalized spacial score (nSPS) is 16.8. The van der Waals surface area contributed by atoms with E-state index in [9.17, 15) is 0 Å². The van der Waals surface area contributed by atoms with Crippen molar-refractivity contribution in [2.45, 2.75) is 6.42 Å². The first-order valence-corrected chi connectivity index (χ1v) is 6.66. The Hall–Kier alpha value is -1.30. The predicted octanol–water partition coefficient (Wildman–Crippen LogP) is 1.97. The summed E-state index contributed by atoms with van der Waals surface area (Å²) in [5.74, 6) is 0.